The second-order valence-electron chi connectivity index (χ2n) is 6.20. The molecule has 0 atom stereocenters. The molecule has 0 saturated carbocycles. The zero-order valence-corrected chi connectivity index (χ0v) is 16.3. The highest BCUT2D eigenvalue weighted by Crippen LogP contribution is 2.31. The minimum Gasteiger partial charge on any atom is -0.466 e. The van der Waals surface area contributed by atoms with Crippen molar-refractivity contribution < 1.29 is 14.3 Å². The third-order valence-electron chi connectivity index (χ3n) is 4.31. The number of thiophene rings is 1. The fourth-order valence-electron chi connectivity index (χ4n) is 2.95. The number of carbonyl (C=O) groups excluding carboxylic acids is 2. The smallest absolute Gasteiger partial charge is 0.307 e. The van der Waals surface area contributed by atoms with E-state index in [9.17, 15) is 9.59 Å². The minimum absolute atomic E-state index is 0.0677. The highest BCUT2D eigenvalue weighted by atomic mass is 32.1. The molecule has 0 N–H and O–H groups in total. The Hall–Kier alpha value is -2.73. The maximum Gasteiger partial charge on any atom is 0.307 e. The van der Waals surface area contributed by atoms with Gasteiger partial charge in [0.15, 0.2) is 0 Å². The van der Waals surface area contributed by atoms with Crippen molar-refractivity contribution in [3.63, 3.8) is 0 Å². The highest BCUT2D eigenvalue weighted by Gasteiger charge is 2.22. The first-order chi connectivity index (χ1) is 13.1. The number of aromatic nitrogens is 1. The first-order valence-electron chi connectivity index (χ1n) is 8.92. The summed E-state index contributed by atoms with van der Waals surface area (Å²) in [5, 5.41) is 1.09. The third kappa shape index (κ3) is 4.52. The second-order valence-corrected chi connectivity index (χ2v) is 7.25. The van der Waals surface area contributed by atoms with Crippen molar-refractivity contribution in [3.8, 4) is 0 Å². The Morgan fingerprint density at radius 3 is 2.70 bits per heavy atom. The van der Waals surface area contributed by atoms with Gasteiger partial charge in [0.2, 0.25) is 0 Å². The molecule has 5 nitrogen and oxygen atoms in total. The van der Waals surface area contributed by atoms with E-state index in [2.05, 4.69) is 4.98 Å². The largest absolute Gasteiger partial charge is 0.466 e. The number of aryl methyl sites for hydroxylation is 1. The molecule has 0 bridgehead atoms. The van der Waals surface area contributed by atoms with Crippen LogP contribution in [0.15, 0.2) is 48.8 Å². The van der Waals surface area contributed by atoms with Gasteiger partial charge in [0.25, 0.3) is 5.91 Å². The van der Waals surface area contributed by atoms with E-state index in [0.717, 1.165) is 21.2 Å². The van der Waals surface area contributed by atoms with Gasteiger partial charge in [-0.15, -0.1) is 11.3 Å². The van der Waals surface area contributed by atoms with Gasteiger partial charge < -0.3 is 9.64 Å². The van der Waals surface area contributed by atoms with Crippen molar-refractivity contribution in [2.45, 2.75) is 26.8 Å². The van der Waals surface area contributed by atoms with Crippen LogP contribution < -0.4 is 0 Å². The third-order valence-corrected chi connectivity index (χ3v) is 5.57. The number of hydrogen-bond acceptors (Lipinski definition) is 5. The minimum atomic E-state index is -0.297. The summed E-state index contributed by atoms with van der Waals surface area (Å²) < 4.78 is 6.10. The molecule has 0 spiro atoms. The van der Waals surface area contributed by atoms with Gasteiger partial charge in [-0.2, -0.15) is 0 Å². The Morgan fingerprint density at radius 1 is 1.19 bits per heavy atom. The molecule has 27 heavy (non-hydrogen) atoms. The number of amides is 1. The molecule has 6 heteroatoms. The number of esters is 1. The average molecular weight is 382 g/mol. The molecule has 140 valence electrons. The van der Waals surface area contributed by atoms with Crippen molar-refractivity contribution in [2.75, 3.05) is 13.2 Å². The molecule has 2 aromatic heterocycles. The van der Waals surface area contributed by atoms with Crippen molar-refractivity contribution >= 4 is 33.3 Å². The van der Waals surface area contributed by atoms with Crippen LogP contribution in [-0.4, -0.2) is 34.9 Å². The standard InChI is InChI=1S/C21H22N2O3S/c1-3-26-19(24)10-12-23(14-16-7-6-11-22-13-16)21(25)20-15(2)17-8-4-5-9-18(17)27-20/h4-9,11,13H,3,10,12,14H2,1-2H3. The highest BCUT2D eigenvalue weighted by molar-refractivity contribution is 7.21. The molecular weight excluding hydrogens is 360 g/mol. The van der Waals surface area contributed by atoms with Crippen LogP contribution in [0.4, 0.5) is 0 Å². The summed E-state index contributed by atoms with van der Waals surface area (Å²) in [5.41, 5.74) is 1.90. The maximum atomic E-state index is 13.3. The molecule has 0 aliphatic heterocycles. The normalized spacial score (nSPS) is 10.7. The van der Waals surface area contributed by atoms with Gasteiger partial charge in [0, 0.05) is 30.2 Å². The predicted octanol–water partition coefficient (Wildman–Crippen LogP) is 4.20. The number of nitrogens with zero attached hydrogens (tertiary/aromatic N) is 2. The van der Waals surface area contributed by atoms with E-state index in [1.54, 1.807) is 24.2 Å². The molecule has 3 aromatic rings. The van der Waals surface area contributed by atoms with Crippen molar-refractivity contribution in [2.24, 2.45) is 0 Å². The zero-order valence-electron chi connectivity index (χ0n) is 15.5. The van der Waals surface area contributed by atoms with Crippen LogP contribution in [0.1, 0.15) is 34.1 Å². The van der Waals surface area contributed by atoms with Gasteiger partial charge in [-0.05, 0) is 42.5 Å². The molecule has 0 fully saturated rings. The summed E-state index contributed by atoms with van der Waals surface area (Å²) in [5.74, 6) is -0.364. The molecule has 0 unspecified atom stereocenters. The molecular formula is C21H22N2O3S. The Balaban J connectivity index is 1.86. The molecule has 1 amide bonds. The van der Waals surface area contributed by atoms with Gasteiger partial charge in [0.1, 0.15) is 0 Å². The van der Waals surface area contributed by atoms with Crippen molar-refractivity contribution in [1.82, 2.24) is 9.88 Å². The van der Waals surface area contributed by atoms with Crippen LogP contribution in [0.3, 0.4) is 0 Å². The lowest BCUT2D eigenvalue weighted by molar-refractivity contribution is -0.143. The Morgan fingerprint density at radius 2 is 2.00 bits per heavy atom. The number of carbonyl (C=O) groups is 2. The van der Waals surface area contributed by atoms with Crippen LogP contribution in [0.2, 0.25) is 0 Å². The van der Waals surface area contributed by atoms with Crippen LogP contribution in [-0.2, 0) is 16.1 Å². The SMILES string of the molecule is CCOC(=O)CCN(Cc1cccnc1)C(=O)c1sc2ccccc2c1C. The molecule has 0 aliphatic carbocycles. The van der Waals surface area contributed by atoms with E-state index < -0.39 is 0 Å². The number of fused-ring (bicyclic) bond motifs is 1. The topological polar surface area (TPSA) is 59.5 Å². The lowest BCUT2D eigenvalue weighted by Gasteiger charge is -2.22. The summed E-state index contributed by atoms with van der Waals surface area (Å²) in [7, 11) is 0. The van der Waals surface area contributed by atoms with E-state index in [-0.39, 0.29) is 18.3 Å². The van der Waals surface area contributed by atoms with E-state index in [1.165, 1.54) is 11.3 Å². The molecule has 0 radical (unpaired) electrons. The van der Waals surface area contributed by atoms with Crippen LogP contribution in [0, 0.1) is 6.92 Å². The lowest BCUT2D eigenvalue weighted by Crippen LogP contribution is -2.32. The van der Waals surface area contributed by atoms with Crippen LogP contribution in [0.25, 0.3) is 10.1 Å². The average Bonchev–Trinajstić information content (AvgIpc) is 3.02. The van der Waals surface area contributed by atoms with Crippen molar-refractivity contribution in [1.29, 1.82) is 0 Å². The molecule has 1 aromatic carbocycles. The van der Waals surface area contributed by atoms with Crippen LogP contribution >= 0.6 is 11.3 Å². The Labute approximate surface area is 162 Å². The number of pyridine rings is 1. The fraction of sp³-hybridized carbons (Fsp3) is 0.286. The van der Waals surface area contributed by atoms with Gasteiger partial charge in [-0.25, -0.2) is 0 Å². The molecule has 3 rings (SSSR count). The molecule has 2 heterocycles. The number of ether oxygens (including phenoxy) is 1. The molecule has 0 saturated heterocycles. The fourth-order valence-corrected chi connectivity index (χ4v) is 4.12. The summed E-state index contributed by atoms with van der Waals surface area (Å²) in [6.07, 6.45) is 3.61. The quantitative estimate of drug-likeness (QED) is 0.575. The lowest BCUT2D eigenvalue weighted by atomic mass is 10.1. The number of hydrogen-bond donors (Lipinski definition) is 0. The second kappa shape index (κ2) is 8.77. The van der Waals surface area contributed by atoms with Gasteiger partial charge in [-0.1, -0.05) is 24.3 Å². The van der Waals surface area contributed by atoms with Gasteiger partial charge >= 0.3 is 5.97 Å². The summed E-state index contributed by atoms with van der Waals surface area (Å²) in [4.78, 5) is 31.6. The first-order valence-corrected chi connectivity index (χ1v) is 9.73. The van der Waals surface area contributed by atoms with Crippen molar-refractivity contribution in [3.05, 3.63) is 64.8 Å². The first kappa shape index (κ1) is 19.0. The maximum absolute atomic E-state index is 13.3. The van der Waals surface area contributed by atoms with Crippen LogP contribution in [0.5, 0.6) is 0 Å². The van der Waals surface area contributed by atoms with E-state index in [0.29, 0.717) is 24.6 Å². The Kier molecular flexibility index (Phi) is 6.19. The van der Waals surface area contributed by atoms with Gasteiger partial charge in [0.05, 0.1) is 17.9 Å². The molecule has 0 aliphatic rings. The predicted molar refractivity (Wildman–Crippen MR) is 107 cm³/mol. The Bertz CT molecular complexity index is 937. The van der Waals surface area contributed by atoms with E-state index in [4.69, 9.17) is 4.74 Å². The zero-order chi connectivity index (χ0) is 19.2. The number of benzene rings is 1. The summed E-state index contributed by atoms with van der Waals surface area (Å²) in [6, 6.07) is 11.8. The van der Waals surface area contributed by atoms with E-state index in [1.807, 2.05) is 43.3 Å². The van der Waals surface area contributed by atoms with Gasteiger partial charge in [-0.3, -0.25) is 14.6 Å². The van der Waals surface area contributed by atoms with E-state index >= 15 is 0 Å². The monoisotopic (exact) mass is 382 g/mol. The number of rotatable bonds is 7. The summed E-state index contributed by atoms with van der Waals surface area (Å²) >= 11 is 1.49. The summed E-state index contributed by atoms with van der Waals surface area (Å²) in [6.45, 7) is 4.79.